The number of hydrogen-bond acceptors (Lipinski definition) is 3. The summed E-state index contributed by atoms with van der Waals surface area (Å²) < 4.78 is 0. The van der Waals surface area contributed by atoms with Gasteiger partial charge < -0.3 is 10.0 Å². The van der Waals surface area contributed by atoms with Crippen LogP contribution in [0.15, 0.2) is 0 Å². The normalized spacial score (nSPS) is 28.1. The van der Waals surface area contributed by atoms with Crippen LogP contribution in [0.4, 0.5) is 0 Å². The molecule has 2 saturated heterocycles. The summed E-state index contributed by atoms with van der Waals surface area (Å²) >= 11 is 2.10. The zero-order chi connectivity index (χ0) is 9.80. The van der Waals surface area contributed by atoms with Crippen molar-refractivity contribution in [3.05, 3.63) is 0 Å². The summed E-state index contributed by atoms with van der Waals surface area (Å²) in [5, 5.41) is 9.07. The molecule has 0 aromatic carbocycles. The van der Waals surface area contributed by atoms with Crippen LogP contribution >= 0.6 is 11.8 Å². The van der Waals surface area contributed by atoms with Gasteiger partial charge in [-0.25, -0.2) is 0 Å². The number of hydrogen-bond donors (Lipinski definition) is 1. The van der Waals surface area contributed by atoms with E-state index in [1.165, 1.54) is 50.3 Å². The lowest BCUT2D eigenvalue weighted by molar-refractivity contribution is 0.0964. The molecule has 14 heavy (non-hydrogen) atoms. The lowest BCUT2D eigenvalue weighted by Gasteiger charge is -2.38. The van der Waals surface area contributed by atoms with Crippen molar-refractivity contribution in [3.8, 4) is 0 Å². The Balaban J connectivity index is 1.76. The predicted molar refractivity (Wildman–Crippen MR) is 61.7 cm³/mol. The molecule has 0 amide bonds. The number of aliphatic hydroxyl groups excluding tert-OH is 1. The van der Waals surface area contributed by atoms with E-state index in [4.69, 9.17) is 5.11 Å². The Bertz CT molecular complexity index is 163. The molecule has 0 atom stereocenters. The van der Waals surface area contributed by atoms with Gasteiger partial charge in [0.1, 0.15) is 0 Å². The van der Waals surface area contributed by atoms with E-state index in [2.05, 4.69) is 16.7 Å². The molecule has 0 aliphatic carbocycles. The maximum Gasteiger partial charge on any atom is 0.0460 e. The summed E-state index contributed by atoms with van der Waals surface area (Å²) in [6.45, 7) is 2.84. The molecule has 0 saturated carbocycles. The Morgan fingerprint density at radius 2 is 1.71 bits per heavy atom. The zero-order valence-corrected chi connectivity index (χ0v) is 9.64. The van der Waals surface area contributed by atoms with Crippen LogP contribution < -0.4 is 0 Å². The van der Waals surface area contributed by atoms with Crippen LogP contribution in [0.3, 0.4) is 0 Å². The maximum atomic E-state index is 9.07. The molecule has 2 nitrogen and oxygen atoms in total. The minimum Gasteiger partial charge on any atom is -0.396 e. The number of rotatable bonds is 2. The minimum absolute atomic E-state index is 0.397. The van der Waals surface area contributed by atoms with Gasteiger partial charge in [-0.05, 0) is 56.2 Å². The Kier molecular flexibility index (Phi) is 4.14. The molecule has 3 heteroatoms. The lowest BCUT2D eigenvalue weighted by Crippen LogP contribution is -2.43. The smallest absolute Gasteiger partial charge is 0.0460 e. The summed E-state index contributed by atoms with van der Waals surface area (Å²) in [7, 11) is 0. The molecular weight excluding hydrogens is 194 g/mol. The fourth-order valence-electron chi connectivity index (χ4n) is 2.55. The lowest BCUT2D eigenvalue weighted by atomic mass is 9.95. The Hall–Kier alpha value is 0.270. The first-order valence-corrected chi connectivity index (χ1v) is 6.98. The van der Waals surface area contributed by atoms with E-state index in [0.717, 1.165) is 6.04 Å². The van der Waals surface area contributed by atoms with Crippen LogP contribution in [-0.4, -0.2) is 47.3 Å². The van der Waals surface area contributed by atoms with Crippen molar-refractivity contribution >= 4 is 11.8 Å². The van der Waals surface area contributed by atoms with E-state index in [0.29, 0.717) is 12.5 Å². The third-order valence-electron chi connectivity index (χ3n) is 3.61. The second-order valence-corrected chi connectivity index (χ2v) is 5.73. The molecule has 2 aliphatic heterocycles. The van der Waals surface area contributed by atoms with Gasteiger partial charge in [-0.2, -0.15) is 11.8 Å². The quantitative estimate of drug-likeness (QED) is 0.756. The monoisotopic (exact) mass is 215 g/mol. The molecular formula is C11H21NOS. The van der Waals surface area contributed by atoms with Gasteiger partial charge in [-0.3, -0.25) is 0 Å². The van der Waals surface area contributed by atoms with Gasteiger partial charge in [0, 0.05) is 12.6 Å². The maximum absolute atomic E-state index is 9.07. The molecule has 82 valence electrons. The van der Waals surface area contributed by atoms with E-state index in [-0.39, 0.29) is 0 Å². The highest BCUT2D eigenvalue weighted by molar-refractivity contribution is 7.99. The van der Waals surface area contributed by atoms with Gasteiger partial charge >= 0.3 is 0 Å². The summed E-state index contributed by atoms with van der Waals surface area (Å²) in [4.78, 5) is 2.66. The van der Waals surface area contributed by atoms with Crippen LogP contribution in [0.1, 0.15) is 25.7 Å². The number of likely N-dealkylation sites (tertiary alicyclic amines) is 1. The van der Waals surface area contributed by atoms with Gasteiger partial charge in [0.05, 0.1) is 0 Å². The van der Waals surface area contributed by atoms with Crippen LogP contribution in [0.5, 0.6) is 0 Å². The molecule has 0 aromatic heterocycles. The molecule has 0 bridgehead atoms. The predicted octanol–water partition coefficient (Wildman–Crippen LogP) is 1.59. The van der Waals surface area contributed by atoms with Gasteiger partial charge in [-0.1, -0.05) is 0 Å². The van der Waals surface area contributed by atoms with E-state index >= 15 is 0 Å². The van der Waals surface area contributed by atoms with E-state index in [9.17, 15) is 0 Å². The highest BCUT2D eigenvalue weighted by atomic mass is 32.2. The Morgan fingerprint density at radius 1 is 1.07 bits per heavy atom. The second kappa shape index (κ2) is 5.38. The van der Waals surface area contributed by atoms with Crippen molar-refractivity contribution in [1.29, 1.82) is 0 Å². The van der Waals surface area contributed by atoms with E-state index < -0.39 is 0 Å². The summed E-state index contributed by atoms with van der Waals surface area (Å²) in [6.07, 6.45) is 5.18. The van der Waals surface area contributed by atoms with Gasteiger partial charge in [0.15, 0.2) is 0 Å². The van der Waals surface area contributed by atoms with Gasteiger partial charge in [0.25, 0.3) is 0 Å². The summed E-state index contributed by atoms with van der Waals surface area (Å²) in [5.74, 6) is 3.29. The summed E-state index contributed by atoms with van der Waals surface area (Å²) in [6, 6.07) is 0.857. The third kappa shape index (κ3) is 2.65. The summed E-state index contributed by atoms with van der Waals surface area (Å²) in [5.41, 5.74) is 0. The molecule has 2 rings (SSSR count). The fourth-order valence-corrected chi connectivity index (χ4v) is 3.63. The molecule has 2 heterocycles. The SMILES string of the molecule is OCC1CCN(C2CCSCC2)CC1. The fraction of sp³-hybridized carbons (Fsp3) is 1.00. The molecule has 0 unspecified atom stereocenters. The first-order chi connectivity index (χ1) is 6.90. The minimum atomic E-state index is 0.397. The first kappa shape index (κ1) is 10.8. The van der Waals surface area contributed by atoms with Crippen molar-refractivity contribution in [3.63, 3.8) is 0 Å². The van der Waals surface area contributed by atoms with Gasteiger partial charge in [0.2, 0.25) is 0 Å². The standard InChI is InChI=1S/C11H21NOS/c13-9-10-1-5-12(6-2-10)11-3-7-14-8-4-11/h10-11,13H,1-9H2. The van der Waals surface area contributed by atoms with E-state index in [1.807, 2.05) is 0 Å². The molecule has 0 radical (unpaired) electrons. The first-order valence-electron chi connectivity index (χ1n) is 5.83. The van der Waals surface area contributed by atoms with Crippen LogP contribution in [-0.2, 0) is 0 Å². The van der Waals surface area contributed by atoms with Crippen molar-refractivity contribution in [2.24, 2.45) is 5.92 Å². The van der Waals surface area contributed by atoms with Gasteiger partial charge in [-0.15, -0.1) is 0 Å². The molecule has 2 fully saturated rings. The molecule has 2 aliphatic rings. The molecule has 1 N–H and O–H groups in total. The zero-order valence-electron chi connectivity index (χ0n) is 8.82. The number of thioether (sulfide) groups is 1. The largest absolute Gasteiger partial charge is 0.396 e. The van der Waals surface area contributed by atoms with Crippen LogP contribution in [0, 0.1) is 5.92 Å². The second-order valence-electron chi connectivity index (χ2n) is 4.51. The highest BCUT2D eigenvalue weighted by Gasteiger charge is 2.25. The Morgan fingerprint density at radius 3 is 2.29 bits per heavy atom. The van der Waals surface area contributed by atoms with Crippen LogP contribution in [0.25, 0.3) is 0 Å². The highest BCUT2D eigenvalue weighted by Crippen LogP contribution is 2.26. The Labute approximate surface area is 91.1 Å². The van der Waals surface area contributed by atoms with Crippen molar-refractivity contribution in [2.75, 3.05) is 31.2 Å². The van der Waals surface area contributed by atoms with Crippen LogP contribution in [0.2, 0.25) is 0 Å². The van der Waals surface area contributed by atoms with Crippen molar-refractivity contribution < 1.29 is 5.11 Å². The van der Waals surface area contributed by atoms with Crippen molar-refractivity contribution in [1.82, 2.24) is 4.90 Å². The third-order valence-corrected chi connectivity index (χ3v) is 4.66. The number of aliphatic hydroxyl groups is 1. The number of piperidine rings is 1. The topological polar surface area (TPSA) is 23.5 Å². The average molecular weight is 215 g/mol. The number of nitrogens with zero attached hydrogens (tertiary/aromatic N) is 1. The van der Waals surface area contributed by atoms with E-state index in [1.54, 1.807) is 0 Å². The average Bonchev–Trinajstić information content (AvgIpc) is 2.30. The van der Waals surface area contributed by atoms with Crippen molar-refractivity contribution in [2.45, 2.75) is 31.7 Å². The molecule has 0 aromatic rings. The molecule has 0 spiro atoms.